The molecule has 1 aliphatic carbocycles. The van der Waals surface area contributed by atoms with Gasteiger partial charge in [-0.15, -0.1) is 0 Å². The lowest BCUT2D eigenvalue weighted by atomic mass is 9.75. The highest BCUT2D eigenvalue weighted by molar-refractivity contribution is 4.81. The van der Waals surface area contributed by atoms with Crippen LogP contribution in [0.25, 0.3) is 0 Å². The van der Waals surface area contributed by atoms with Crippen molar-refractivity contribution >= 4 is 0 Å². The zero-order chi connectivity index (χ0) is 9.84. The summed E-state index contributed by atoms with van der Waals surface area (Å²) in [5, 5.41) is 0. The van der Waals surface area contributed by atoms with Crippen LogP contribution < -0.4 is 0 Å². The van der Waals surface area contributed by atoms with E-state index in [-0.39, 0.29) is 0 Å². The molecular weight excluding hydrogens is 160 g/mol. The van der Waals surface area contributed by atoms with Gasteiger partial charge in [-0.25, -0.2) is 0 Å². The minimum absolute atomic E-state index is 0.536. The molecule has 1 saturated carbocycles. The van der Waals surface area contributed by atoms with Gasteiger partial charge in [0, 0.05) is 6.61 Å². The van der Waals surface area contributed by atoms with Crippen LogP contribution in [-0.2, 0) is 4.74 Å². The maximum absolute atomic E-state index is 5.83. The Morgan fingerprint density at radius 2 is 2.00 bits per heavy atom. The van der Waals surface area contributed by atoms with Gasteiger partial charge in [-0.2, -0.15) is 0 Å². The molecule has 1 heteroatoms. The molecule has 0 aromatic carbocycles. The molecule has 0 spiro atoms. The van der Waals surface area contributed by atoms with E-state index in [1.54, 1.807) is 0 Å². The first-order chi connectivity index (χ1) is 6.15. The van der Waals surface area contributed by atoms with Gasteiger partial charge < -0.3 is 4.74 Å². The minimum Gasteiger partial charge on any atom is -0.378 e. The molecule has 3 atom stereocenters. The van der Waals surface area contributed by atoms with Gasteiger partial charge in [-0.3, -0.25) is 0 Å². The van der Waals surface area contributed by atoms with Gasteiger partial charge in [0.1, 0.15) is 0 Å². The molecule has 1 aliphatic rings. The minimum atomic E-state index is 0.536. The monoisotopic (exact) mass is 184 g/mol. The fourth-order valence-electron chi connectivity index (χ4n) is 2.52. The Morgan fingerprint density at radius 3 is 2.54 bits per heavy atom. The van der Waals surface area contributed by atoms with Gasteiger partial charge in [0.25, 0.3) is 0 Å². The summed E-state index contributed by atoms with van der Waals surface area (Å²) in [5.74, 6) is 2.45. The smallest absolute Gasteiger partial charge is 0.0608 e. The van der Waals surface area contributed by atoms with E-state index in [1.807, 2.05) is 0 Å². The zero-order valence-corrected chi connectivity index (χ0v) is 9.55. The third-order valence-corrected chi connectivity index (χ3v) is 3.34. The predicted molar refractivity (Wildman–Crippen MR) is 56.8 cm³/mol. The van der Waals surface area contributed by atoms with Crippen molar-refractivity contribution in [1.82, 2.24) is 0 Å². The van der Waals surface area contributed by atoms with E-state index in [1.165, 1.54) is 19.3 Å². The van der Waals surface area contributed by atoms with Gasteiger partial charge in [0.05, 0.1) is 6.10 Å². The second kappa shape index (κ2) is 4.99. The summed E-state index contributed by atoms with van der Waals surface area (Å²) < 4.78 is 5.83. The van der Waals surface area contributed by atoms with Crippen molar-refractivity contribution in [3.8, 4) is 0 Å². The molecule has 1 fully saturated rings. The first kappa shape index (κ1) is 11.0. The van der Waals surface area contributed by atoms with Crippen LogP contribution >= 0.6 is 0 Å². The van der Waals surface area contributed by atoms with E-state index in [0.717, 1.165) is 24.4 Å². The fraction of sp³-hybridized carbons (Fsp3) is 1.00. The molecular formula is C12H24O. The van der Waals surface area contributed by atoms with E-state index in [2.05, 4.69) is 27.7 Å². The highest BCUT2D eigenvalue weighted by atomic mass is 16.5. The maximum atomic E-state index is 5.83. The van der Waals surface area contributed by atoms with Crippen LogP contribution in [-0.4, -0.2) is 12.7 Å². The van der Waals surface area contributed by atoms with Gasteiger partial charge >= 0.3 is 0 Å². The summed E-state index contributed by atoms with van der Waals surface area (Å²) in [4.78, 5) is 0. The fourth-order valence-corrected chi connectivity index (χ4v) is 2.52. The van der Waals surface area contributed by atoms with E-state index in [0.29, 0.717) is 6.10 Å². The molecule has 1 nitrogen and oxygen atoms in total. The molecule has 0 amide bonds. The normalized spacial score (nSPS) is 35.3. The molecule has 0 aliphatic heterocycles. The molecule has 0 heterocycles. The molecule has 13 heavy (non-hydrogen) atoms. The Bertz CT molecular complexity index is 142. The predicted octanol–water partition coefficient (Wildman–Crippen LogP) is 3.48. The Morgan fingerprint density at radius 1 is 1.31 bits per heavy atom. The SMILES string of the molecule is CCOC1CC(C)CC[C@H]1C(C)C. The van der Waals surface area contributed by atoms with E-state index < -0.39 is 0 Å². The molecule has 1 rings (SSSR count). The van der Waals surface area contributed by atoms with Crippen molar-refractivity contribution in [1.29, 1.82) is 0 Å². The highest BCUT2D eigenvalue weighted by Crippen LogP contribution is 2.35. The molecule has 0 aromatic heterocycles. The van der Waals surface area contributed by atoms with Crippen molar-refractivity contribution in [2.45, 2.75) is 53.1 Å². The average Bonchev–Trinajstić information content (AvgIpc) is 2.04. The third-order valence-electron chi connectivity index (χ3n) is 3.34. The van der Waals surface area contributed by atoms with Crippen LogP contribution in [0.1, 0.15) is 47.0 Å². The zero-order valence-electron chi connectivity index (χ0n) is 9.55. The lowest BCUT2D eigenvalue weighted by molar-refractivity contribution is -0.0327. The highest BCUT2D eigenvalue weighted by Gasteiger charge is 2.30. The largest absolute Gasteiger partial charge is 0.378 e. The summed E-state index contributed by atoms with van der Waals surface area (Å²) in [6, 6.07) is 0. The van der Waals surface area contributed by atoms with Gasteiger partial charge in [0.2, 0.25) is 0 Å². The summed E-state index contributed by atoms with van der Waals surface area (Å²) >= 11 is 0. The molecule has 78 valence electrons. The molecule has 0 N–H and O–H groups in total. The molecule has 0 radical (unpaired) electrons. The molecule has 0 aromatic rings. The molecule has 0 bridgehead atoms. The van der Waals surface area contributed by atoms with Crippen LogP contribution in [0, 0.1) is 17.8 Å². The van der Waals surface area contributed by atoms with E-state index in [9.17, 15) is 0 Å². The van der Waals surface area contributed by atoms with Crippen molar-refractivity contribution < 1.29 is 4.74 Å². The average molecular weight is 184 g/mol. The lowest BCUT2D eigenvalue weighted by Crippen LogP contribution is -2.34. The third kappa shape index (κ3) is 2.98. The topological polar surface area (TPSA) is 9.23 Å². The maximum Gasteiger partial charge on any atom is 0.0608 e. The van der Waals surface area contributed by atoms with Crippen LogP contribution in [0.15, 0.2) is 0 Å². The van der Waals surface area contributed by atoms with Crippen molar-refractivity contribution in [3.05, 3.63) is 0 Å². The Hall–Kier alpha value is -0.0400. The van der Waals surface area contributed by atoms with E-state index in [4.69, 9.17) is 4.74 Å². The summed E-state index contributed by atoms with van der Waals surface area (Å²) in [6.45, 7) is 9.99. The number of rotatable bonds is 3. The van der Waals surface area contributed by atoms with Crippen LogP contribution in [0.5, 0.6) is 0 Å². The second-order valence-electron chi connectivity index (χ2n) is 4.82. The van der Waals surface area contributed by atoms with Gasteiger partial charge in [0.15, 0.2) is 0 Å². The number of ether oxygens (including phenoxy) is 1. The quantitative estimate of drug-likeness (QED) is 0.652. The Labute approximate surface area is 82.9 Å². The van der Waals surface area contributed by atoms with Gasteiger partial charge in [-0.05, 0) is 37.5 Å². The van der Waals surface area contributed by atoms with Crippen LogP contribution in [0.2, 0.25) is 0 Å². The van der Waals surface area contributed by atoms with Crippen LogP contribution in [0.4, 0.5) is 0 Å². The first-order valence-electron chi connectivity index (χ1n) is 5.76. The number of hydrogen-bond donors (Lipinski definition) is 0. The Kier molecular flexibility index (Phi) is 4.24. The van der Waals surface area contributed by atoms with E-state index >= 15 is 0 Å². The first-order valence-corrected chi connectivity index (χ1v) is 5.76. The summed E-state index contributed by atoms with van der Waals surface area (Å²) in [5.41, 5.74) is 0. The summed E-state index contributed by atoms with van der Waals surface area (Å²) in [7, 11) is 0. The van der Waals surface area contributed by atoms with Crippen molar-refractivity contribution in [2.24, 2.45) is 17.8 Å². The second-order valence-corrected chi connectivity index (χ2v) is 4.82. The molecule has 0 saturated heterocycles. The molecule has 2 unspecified atom stereocenters. The Balaban J connectivity index is 2.50. The summed E-state index contributed by atoms with van der Waals surface area (Å²) in [6.07, 6.45) is 4.57. The standard InChI is InChI=1S/C12H24O/c1-5-13-12-8-10(4)6-7-11(12)9(2)3/h9-12H,5-8H2,1-4H3/t10?,11-,12?/m0/s1. The number of hydrogen-bond acceptors (Lipinski definition) is 1. The van der Waals surface area contributed by atoms with Crippen molar-refractivity contribution in [2.75, 3.05) is 6.61 Å². The van der Waals surface area contributed by atoms with Gasteiger partial charge in [-0.1, -0.05) is 27.2 Å². The van der Waals surface area contributed by atoms with Crippen molar-refractivity contribution in [3.63, 3.8) is 0 Å². The lowest BCUT2D eigenvalue weighted by Gasteiger charge is -2.36. The van der Waals surface area contributed by atoms with Crippen LogP contribution in [0.3, 0.4) is 0 Å².